The molecule has 0 unspecified atom stereocenters. The largest absolute Gasteiger partial charge is 0.350 e. The summed E-state index contributed by atoms with van der Waals surface area (Å²) in [5, 5.41) is 3.01. The first-order valence-electron chi connectivity index (χ1n) is 9.63. The van der Waals surface area contributed by atoms with Gasteiger partial charge in [-0.2, -0.15) is 0 Å². The van der Waals surface area contributed by atoms with Crippen molar-refractivity contribution in [1.29, 1.82) is 0 Å². The number of hydrogen-bond acceptors (Lipinski definition) is 4. The summed E-state index contributed by atoms with van der Waals surface area (Å²) < 4.78 is 1.41. The molecular formula is C20H28N4O3. The molecule has 0 atom stereocenters. The summed E-state index contributed by atoms with van der Waals surface area (Å²) in [5.74, 6) is -0.183. The Morgan fingerprint density at radius 2 is 1.89 bits per heavy atom. The second-order valence-corrected chi connectivity index (χ2v) is 7.78. The molecule has 2 heterocycles. The lowest BCUT2D eigenvalue weighted by Crippen LogP contribution is -2.53. The molecule has 7 heteroatoms. The number of carbonyl (C=O) groups is 1. The Morgan fingerprint density at radius 1 is 1.19 bits per heavy atom. The average molecular weight is 372 g/mol. The summed E-state index contributed by atoms with van der Waals surface area (Å²) in [6.07, 6.45) is 3.68. The maximum absolute atomic E-state index is 12.6. The van der Waals surface area contributed by atoms with Crippen LogP contribution in [0.5, 0.6) is 0 Å². The van der Waals surface area contributed by atoms with Crippen LogP contribution in [-0.4, -0.2) is 45.5 Å². The average Bonchev–Trinajstić information content (AvgIpc) is 2.67. The lowest BCUT2D eigenvalue weighted by Gasteiger charge is -2.41. The van der Waals surface area contributed by atoms with Gasteiger partial charge in [0.15, 0.2) is 0 Å². The number of benzene rings is 1. The second-order valence-electron chi connectivity index (χ2n) is 7.78. The summed E-state index contributed by atoms with van der Waals surface area (Å²) in [6.45, 7) is 9.18. The Bertz CT molecular complexity index is 952. The highest BCUT2D eigenvalue weighted by atomic mass is 16.2. The number of nitrogens with zero attached hydrogens (tertiary/aromatic N) is 2. The predicted molar refractivity (Wildman–Crippen MR) is 106 cm³/mol. The van der Waals surface area contributed by atoms with E-state index in [1.165, 1.54) is 23.8 Å². The van der Waals surface area contributed by atoms with Gasteiger partial charge >= 0.3 is 11.1 Å². The molecular weight excluding hydrogens is 344 g/mol. The van der Waals surface area contributed by atoms with Gasteiger partial charge < -0.3 is 14.9 Å². The van der Waals surface area contributed by atoms with E-state index in [2.05, 4.69) is 29.0 Å². The quantitative estimate of drug-likeness (QED) is 0.782. The molecule has 1 aliphatic rings. The zero-order chi connectivity index (χ0) is 19.6. The highest BCUT2D eigenvalue weighted by molar-refractivity contribution is 5.97. The number of nitrogens with one attached hydrogen (secondary N) is 2. The number of hydrogen-bond donors (Lipinski definition) is 2. The number of carbonyl (C=O) groups excluding carboxylic acids is 1. The van der Waals surface area contributed by atoms with Crippen LogP contribution in [0.25, 0.3) is 11.0 Å². The molecule has 2 aromatic rings. The van der Waals surface area contributed by atoms with Crippen molar-refractivity contribution in [2.24, 2.45) is 0 Å². The van der Waals surface area contributed by atoms with E-state index < -0.39 is 11.1 Å². The molecule has 3 rings (SSSR count). The third kappa shape index (κ3) is 3.98. The maximum Gasteiger partial charge on any atom is 0.316 e. The van der Waals surface area contributed by atoms with Crippen LogP contribution in [0.4, 0.5) is 0 Å². The fourth-order valence-corrected chi connectivity index (χ4v) is 3.74. The minimum absolute atomic E-state index is 0.107. The number of piperidine rings is 1. The number of fused-ring (bicyclic) bond motifs is 1. The van der Waals surface area contributed by atoms with Crippen molar-refractivity contribution in [3.8, 4) is 0 Å². The summed E-state index contributed by atoms with van der Waals surface area (Å²) in [6, 6.07) is 5.03. The number of rotatable bonds is 5. The number of aryl methyl sites for hydroxylation is 1. The van der Waals surface area contributed by atoms with Gasteiger partial charge in [0.1, 0.15) is 0 Å². The lowest BCUT2D eigenvalue weighted by atomic mass is 9.98. The van der Waals surface area contributed by atoms with Crippen LogP contribution in [-0.2, 0) is 6.54 Å². The first kappa shape index (κ1) is 19.4. The fourth-order valence-electron chi connectivity index (χ4n) is 3.74. The number of aromatic nitrogens is 2. The third-order valence-corrected chi connectivity index (χ3v) is 5.45. The zero-order valence-electron chi connectivity index (χ0n) is 16.3. The summed E-state index contributed by atoms with van der Waals surface area (Å²) in [7, 11) is 0. The molecule has 0 bridgehead atoms. The lowest BCUT2D eigenvalue weighted by molar-refractivity contribution is 0.0797. The first-order valence-corrected chi connectivity index (χ1v) is 9.63. The Morgan fingerprint density at radius 3 is 2.56 bits per heavy atom. The standard InChI is InChI=1S/C20H28N4O3/c1-4-24-16-9-8-14(12-15(16)22-18(26)19(24)27)17(25)21-13-20(2,3)23-10-6-5-7-11-23/h8-9,12H,4-7,10-11,13H2,1-3H3,(H,21,25)(H,22,26). The summed E-state index contributed by atoms with van der Waals surface area (Å²) in [5.41, 5.74) is 0.216. The minimum Gasteiger partial charge on any atom is -0.350 e. The number of amides is 1. The van der Waals surface area contributed by atoms with Crippen LogP contribution in [0.15, 0.2) is 27.8 Å². The normalized spacial score (nSPS) is 15.8. The monoisotopic (exact) mass is 372 g/mol. The molecule has 7 nitrogen and oxygen atoms in total. The summed E-state index contributed by atoms with van der Waals surface area (Å²) in [4.78, 5) is 41.4. The van der Waals surface area contributed by atoms with E-state index in [0.29, 0.717) is 29.7 Å². The highest BCUT2D eigenvalue weighted by Gasteiger charge is 2.28. The van der Waals surface area contributed by atoms with E-state index in [9.17, 15) is 14.4 Å². The third-order valence-electron chi connectivity index (χ3n) is 5.45. The van der Waals surface area contributed by atoms with Crippen molar-refractivity contribution >= 4 is 16.9 Å². The molecule has 1 fully saturated rings. The molecule has 1 aromatic carbocycles. The zero-order valence-corrected chi connectivity index (χ0v) is 16.3. The van der Waals surface area contributed by atoms with Crippen LogP contribution < -0.4 is 16.4 Å². The van der Waals surface area contributed by atoms with Gasteiger partial charge in [0.2, 0.25) is 0 Å². The van der Waals surface area contributed by atoms with Crippen molar-refractivity contribution in [3.05, 3.63) is 44.5 Å². The van der Waals surface area contributed by atoms with Gasteiger partial charge in [0.25, 0.3) is 5.91 Å². The number of likely N-dealkylation sites (tertiary alicyclic amines) is 1. The molecule has 1 saturated heterocycles. The molecule has 1 aromatic heterocycles. The Labute approximate surface area is 158 Å². The Kier molecular flexibility index (Phi) is 5.51. The molecule has 2 N–H and O–H groups in total. The second kappa shape index (κ2) is 7.68. The minimum atomic E-state index is -0.673. The molecule has 0 saturated carbocycles. The van der Waals surface area contributed by atoms with E-state index in [1.54, 1.807) is 18.2 Å². The Balaban J connectivity index is 1.78. The van der Waals surface area contributed by atoms with E-state index in [4.69, 9.17) is 0 Å². The van der Waals surface area contributed by atoms with Crippen LogP contribution in [0.3, 0.4) is 0 Å². The van der Waals surface area contributed by atoms with E-state index >= 15 is 0 Å². The fraction of sp³-hybridized carbons (Fsp3) is 0.550. The van der Waals surface area contributed by atoms with Gasteiger partial charge in [0.05, 0.1) is 11.0 Å². The van der Waals surface area contributed by atoms with Crippen molar-refractivity contribution in [1.82, 2.24) is 19.8 Å². The SMILES string of the molecule is CCn1c(=O)c(=O)[nH]c2cc(C(=O)NCC(C)(C)N3CCCCC3)ccc21. The molecule has 146 valence electrons. The predicted octanol–water partition coefficient (Wildman–Crippen LogP) is 1.70. The topological polar surface area (TPSA) is 87.2 Å². The number of aromatic amines is 1. The van der Waals surface area contributed by atoms with Crippen molar-refractivity contribution in [3.63, 3.8) is 0 Å². The van der Waals surface area contributed by atoms with Crippen molar-refractivity contribution in [2.75, 3.05) is 19.6 Å². The van der Waals surface area contributed by atoms with E-state index in [0.717, 1.165) is 13.1 Å². The molecule has 0 radical (unpaired) electrons. The van der Waals surface area contributed by atoms with Crippen LogP contribution in [0.1, 0.15) is 50.4 Å². The van der Waals surface area contributed by atoms with Gasteiger partial charge in [-0.25, -0.2) is 0 Å². The summed E-state index contributed by atoms with van der Waals surface area (Å²) >= 11 is 0. The molecule has 0 spiro atoms. The van der Waals surface area contributed by atoms with Crippen molar-refractivity contribution in [2.45, 2.75) is 52.1 Å². The van der Waals surface area contributed by atoms with E-state index in [1.807, 2.05) is 6.92 Å². The van der Waals surface area contributed by atoms with E-state index in [-0.39, 0.29) is 11.4 Å². The first-order chi connectivity index (χ1) is 12.8. The molecule has 0 aliphatic carbocycles. The maximum atomic E-state index is 12.6. The smallest absolute Gasteiger partial charge is 0.316 e. The van der Waals surface area contributed by atoms with Gasteiger partial charge in [-0.1, -0.05) is 6.42 Å². The van der Waals surface area contributed by atoms with Gasteiger partial charge in [-0.05, 0) is 64.9 Å². The van der Waals surface area contributed by atoms with Crippen LogP contribution in [0, 0.1) is 0 Å². The van der Waals surface area contributed by atoms with Gasteiger partial charge in [-0.3, -0.25) is 19.3 Å². The molecule has 1 amide bonds. The number of H-pyrrole nitrogens is 1. The molecule has 1 aliphatic heterocycles. The Hall–Kier alpha value is -2.41. The van der Waals surface area contributed by atoms with Crippen molar-refractivity contribution < 1.29 is 4.79 Å². The highest BCUT2D eigenvalue weighted by Crippen LogP contribution is 2.20. The van der Waals surface area contributed by atoms with Crippen LogP contribution >= 0.6 is 0 Å². The molecule has 27 heavy (non-hydrogen) atoms. The van der Waals surface area contributed by atoms with Gasteiger partial charge in [-0.15, -0.1) is 0 Å². The van der Waals surface area contributed by atoms with Crippen LogP contribution in [0.2, 0.25) is 0 Å². The van der Waals surface area contributed by atoms with Gasteiger partial charge in [0, 0.05) is 24.2 Å².